The van der Waals surface area contributed by atoms with Gasteiger partial charge in [-0.15, -0.1) is 0 Å². The average molecular weight is 912 g/mol. The molecular formula is C39H58F4N5O11PS. The normalized spacial score (nSPS) is 11.7. The molecule has 0 aliphatic heterocycles. The lowest BCUT2D eigenvalue weighted by Gasteiger charge is -2.10. The molecule has 2 aromatic rings. The third-order valence-corrected chi connectivity index (χ3v) is 8.54. The predicted molar refractivity (Wildman–Crippen MR) is 228 cm³/mol. The number of nitrogens with two attached hydrogens (primary N) is 1. The highest BCUT2D eigenvalue weighted by Gasteiger charge is 2.26. The van der Waals surface area contributed by atoms with E-state index in [-0.39, 0.29) is 26.2 Å². The topological polar surface area (TPSA) is 184 Å². The molecule has 2 rings (SSSR count). The van der Waals surface area contributed by atoms with Crippen LogP contribution in [0.25, 0.3) is 0 Å². The molecule has 0 aliphatic carbocycles. The molecule has 0 spiro atoms. The van der Waals surface area contributed by atoms with Gasteiger partial charge in [0.05, 0.1) is 131 Å². The first-order valence-electron chi connectivity index (χ1n) is 19.6. The minimum Gasteiger partial charge on any atom is -0.497 e. The van der Waals surface area contributed by atoms with Crippen LogP contribution in [0, 0.1) is 23.3 Å². The monoisotopic (exact) mass is 911 g/mol. The van der Waals surface area contributed by atoms with Crippen molar-refractivity contribution < 1.29 is 69.7 Å². The van der Waals surface area contributed by atoms with Gasteiger partial charge in [0, 0.05) is 23.8 Å². The Hall–Kier alpha value is -3.63. The van der Waals surface area contributed by atoms with Gasteiger partial charge in [0.2, 0.25) is 11.6 Å². The van der Waals surface area contributed by atoms with Crippen molar-refractivity contribution in [1.82, 2.24) is 5.32 Å². The van der Waals surface area contributed by atoms with E-state index < -0.39 is 40.3 Å². The lowest BCUT2D eigenvalue weighted by molar-refractivity contribution is -0.136. The highest BCUT2D eigenvalue weighted by atomic mass is 32.1. The van der Waals surface area contributed by atoms with Crippen molar-refractivity contribution in [1.29, 1.82) is 0 Å². The Bertz CT molecular complexity index is 1560. The van der Waals surface area contributed by atoms with Crippen LogP contribution in [0.5, 0.6) is 11.5 Å². The number of carbonyl (C=O) groups excluding carboxylic acids is 1. The van der Waals surface area contributed by atoms with Crippen LogP contribution in [0.1, 0.15) is 25.7 Å². The molecule has 0 saturated carbocycles. The first kappa shape index (κ1) is 53.5. The van der Waals surface area contributed by atoms with E-state index >= 15 is 0 Å². The fourth-order valence-corrected chi connectivity index (χ4v) is 5.09. The second-order valence-electron chi connectivity index (χ2n) is 12.3. The molecule has 0 radical (unpaired) electrons. The maximum absolute atomic E-state index is 13.9. The highest BCUT2D eigenvalue weighted by Crippen LogP contribution is 2.26. The van der Waals surface area contributed by atoms with Crippen molar-refractivity contribution in [2.75, 3.05) is 131 Å². The average Bonchev–Trinajstić information content (AvgIpc) is 3.26. The molecule has 0 fully saturated rings. The van der Waals surface area contributed by atoms with Crippen LogP contribution in [0.15, 0.2) is 34.4 Å². The Labute approximate surface area is 361 Å². The number of hydrogen-bond donors (Lipinski definition) is 3. The van der Waals surface area contributed by atoms with E-state index in [1.54, 1.807) is 22.6 Å². The molecule has 0 bridgehead atoms. The van der Waals surface area contributed by atoms with Gasteiger partial charge in [-0.3, -0.25) is 9.79 Å². The second kappa shape index (κ2) is 34.9. The quantitative estimate of drug-likeness (QED) is 0.00768. The molecule has 0 saturated heterocycles. The second-order valence-corrected chi connectivity index (χ2v) is 13.3. The van der Waals surface area contributed by atoms with E-state index in [1.807, 2.05) is 24.3 Å². The molecule has 0 heterocycles. The Morgan fingerprint density at radius 3 is 1.67 bits per heavy atom. The van der Waals surface area contributed by atoms with Crippen LogP contribution in [0.3, 0.4) is 0 Å². The Balaban J connectivity index is 1.26. The number of methoxy groups -OCH3 is 1. The van der Waals surface area contributed by atoms with Gasteiger partial charge in [-0.05, 0) is 55.7 Å². The summed E-state index contributed by atoms with van der Waals surface area (Å²) < 4.78 is 107. The molecule has 1 atom stereocenters. The Morgan fingerprint density at radius 2 is 1.18 bits per heavy atom. The van der Waals surface area contributed by atoms with E-state index in [2.05, 4.69) is 25.5 Å². The number of ether oxygens (including phenoxy) is 10. The molecule has 4 N–H and O–H groups in total. The zero-order valence-corrected chi connectivity index (χ0v) is 36.4. The number of halogens is 4. The summed E-state index contributed by atoms with van der Waals surface area (Å²) in [6, 6.07) is 7.52. The van der Waals surface area contributed by atoms with Crippen LogP contribution < -0.4 is 31.3 Å². The molecule has 1 unspecified atom stereocenters. The summed E-state index contributed by atoms with van der Waals surface area (Å²) in [4.78, 5) is 16.1. The summed E-state index contributed by atoms with van der Waals surface area (Å²) in [7, 11) is 3.20. The van der Waals surface area contributed by atoms with Crippen LogP contribution >= 0.6 is 21.5 Å². The van der Waals surface area contributed by atoms with Crippen molar-refractivity contribution in [2.24, 2.45) is 15.9 Å². The molecule has 2 aromatic carbocycles. The van der Waals surface area contributed by atoms with Crippen LogP contribution in [0.2, 0.25) is 0 Å². The third kappa shape index (κ3) is 25.2. The first-order valence-corrected chi connectivity index (χ1v) is 20.6. The van der Waals surface area contributed by atoms with Gasteiger partial charge >= 0.3 is 5.97 Å². The molecular weight excluding hydrogens is 853 g/mol. The number of unbranched alkanes of at least 4 members (excludes halogenated alkanes) is 1. The van der Waals surface area contributed by atoms with Crippen molar-refractivity contribution in [3.8, 4) is 11.5 Å². The molecule has 0 aliphatic rings. The number of rotatable bonds is 36. The summed E-state index contributed by atoms with van der Waals surface area (Å²) in [6.45, 7) is 6.70. The van der Waals surface area contributed by atoms with E-state index in [9.17, 15) is 22.4 Å². The highest BCUT2D eigenvalue weighted by molar-refractivity contribution is 7.80. The number of aliphatic imine (C=N–C) groups is 1. The number of carbonyl (C=O) groups is 1. The number of nitrogens with zero attached hydrogens (tertiary/aromatic N) is 2. The number of esters is 1. The lowest BCUT2D eigenvalue weighted by Crippen LogP contribution is -2.29. The number of hydrazone groups is 1. The summed E-state index contributed by atoms with van der Waals surface area (Å²) in [5.74, 6) is -3.22. The van der Waals surface area contributed by atoms with E-state index in [0.29, 0.717) is 104 Å². The maximum Gasteiger partial charge on any atom is 0.313 e. The minimum atomic E-state index is -1.94. The van der Waals surface area contributed by atoms with Gasteiger partial charge < -0.3 is 63.8 Å². The van der Waals surface area contributed by atoms with E-state index in [1.165, 1.54) is 0 Å². The fourth-order valence-electron chi connectivity index (χ4n) is 4.61. The third-order valence-electron chi connectivity index (χ3n) is 7.79. The number of benzene rings is 2. The summed E-state index contributed by atoms with van der Waals surface area (Å²) in [5.41, 5.74) is 1.60. The van der Waals surface area contributed by atoms with Gasteiger partial charge in [0.1, 0.15) is 5.75 Å². The number of nitrogens with one attached hydrogen (secondary N) is 2. The first-order chi connectivity index (χ1) is 29.7. The van der Waals surface area contributed by atoms with E-state index in [0.717, 1.165) is 36.5 Å². The summed E-state index contributed by atoms with van der Waals surface area (Å²) in [5, 5.41) is 9.81. The number of hydrogen-bond acceptors (Lipinski definition) is 15. The van der Waals surface area contributed by atoms with Crippen LogP contribution in [-0.2, 0) is 42.7 Å². The zero-order valence-electron chi connectivity index (χ0n) is 34.4. The predicted octanol–water partition coefficient (Wildman–Crippen LogP) is 3.72. The smallest absolute Gasteiger partial charge is 0.313 e. The zero-order chi connectivity index (χ0) is 44.3. The van der Waals surface area contributed by atoms with Gasteiger partial charge in [-0.1, -0.05) is 9.24 Å². The minimum absolute atomic E-state index is 0.131. The van der Waals surface area contributed by atoms with Crippen LogP contribution in [0.4, 0.5) is 23.2 Å². The lowest BCUT2D eigenvalue weighted by atomic mass is 10.2. The molecule has 344 valence electrons. The van der Waals surface area contributed by atoms with Crippen molar-refractivity contribution in [3.05, 3.63) is 47.5 Å². The summed E-state index contributed by atoms with van der Waals surface area (Å²) in [6.07, 6.45) is 3.78. The molecule has 16 nitrogen and oxygen atoms in total. The van der Waals surface area contributed by atoms with E-state index in [4.69, 9.17) is 60.7 Å². The molecule has 61 heavy (non-hydrogen) atoms. The molecule has 0 aromatic heterocycles. The Morgan fingerprint density at radius 1 is 0.689 bits per heavy atom. The SMILES string of the molecule is COc1ccc(NC(=S)NCCCC/C(C=NCCOCCOCCOCCOCCOCCOCCOCCOCCC(=O)Oc2c(F)c(F)c(F)c(P)c2F)=N/N)cc1. The van der Waals surface area contributed by atoms with Gasteiger partial charge in [0.15, 0.2) is 22.6 Å². The van der Waals surface area contributed by atoms with Crippen LogP contribution in [-0.4, -0.2) is 149 Å². The standard InChI is InChI=1S/C39H58F4N5O11PS/c1-50-31-7-5-29(6-8-31)47-39(61)46-10-3-2-4-30(48-44)28-45-11-13-52-15-17-54-19-21-56-23-25-58-27-26-57-24-22-55-20-18-53-16-14-51-12-9-32(49)59-37-34(41)33(40)35(42)38(60)36(37)43/h5-8,28H,2-4,9-27,44,60H2,1H3,(H2,46,47,61)/b45-28?,48-30-. The van der Waals surface area contributed by atoms with Crippen molar-refractivity contribution in [3.63, 3.8) is 0 Å². The number of anilines is 1. The van der Waals surface area contributed by atoms with Gasteiger partial charge in [-0.2, -0.15) is 9.49 Å². The van der Waals surface area contributed by atoms with Gasteiger partial charge in [0.25, 0.3) is 0 Å². The molecule has 0 amide bonds. The molecule has 22 heteroatoms. The van der Waals surface area contributed by atoms with Crippen molar-refractivity contribution >= 4 is 55.5 Å². The van der Waals surface area contributed by atoms with Gasteiger partial charge in [-0.25, -0.2) is 13.2 Å². The summed E-state index contributed by atoms with van der Waals surface area (Å²) >= 11 is 5.34. The fraction of sp³-hybridized carbons (Fsp3) is 0.590. The Kier molecular flexibility index (Phi) is 30.6. The maximum atomic E-state index is 13.9. The number of thiocarbonyl (C=S) groups is 1. The van der Waals surface area contributed by atoms with Crippen molar-refractivity contribution in [2.45, 2.75) is 25.7 Å². The largest absolute Gasteiger partial charge is 0.497 e.